The fourth-order valence-corrected chi connectivity index (χ4v) is 3.64. The molecule has 0 bridgehead atoms. The van der Waals surface area contributed by atoms with Crippen molar-refractivity contribution in [3.63, 3.8) is 0 Å². The Morgan fingerprint density at radius 3 is 2.24 bits per heavy atom. The average Bonchev–Trinajstić information content (AvgIpc) is 2.73. The fraction of sp³-hybridized carbons (Fsp3) is 0.389. The highest BCUT2D eigenvalue weighted by atomic mass is 32.2. The predicted molar refractivity (Wildman–Crippen MR) is 103 cm³/mol. The Morgan fingerprint density at radius 1 is 0.931 bits per heavy atom. The maximum atomic E-state index is 12.4. The van der Waals surface area contributed by atoms with Crippen molar-refractivity contribution in [2.75, 3.05) is 19.7 Å². The van der Waals surface area contributed by atoms with Gasteiger partial charge in [0.15, 0.2) is 6.10 Å². The second-order valence-corrected chi connectivity index (χ2v) is 8.14. The van der Waals surface area contributed by atoms with Crippen molar-refractivity contribution in [3.05, 3.63) is 42.5 Å². The first kappa shape index (κ1) is 23.2. The third-order valence-corrected chi connectivity index (χ3v) is 5.73. The highest BCUT2D eigenvalue weighted by molar-refractivity contribution is 7.89. The van der Waals surface area contributed by atoms with Gasteiger partial charge in [0.1, 0.15) is 18.3 Å². The molecule has 160 valence electrons. The molecule has 0 unspecified atom stereocenters. The Labute approximate surface area is 167 Å². The molecule has 0 aliphatic carbocycles. The maximum Gasteiger partial charge on any atom is 0.251 e. The quantitative estimate of drug-likeness (QED) is 0.206. The smallest absolute Gasteiger partial charge is 0.251 e. The summed E-state index contributed by atoms with van der Waals surface area (Å²) in [5, 5.41) is 50.6. The molecule has 0 aliphatic rings. The molecule has 7 N–H and O–H groups in total. The Balaban J connectivity index is 1.87. The van der Waals surface area contributed by atoms with Crippen LogP contribution in [0.5, 0.6) is 0 Å². The molecule has 2 aromatic carbocycles. The minimum Gasteiger partial charge on any atom is -0.394 e. The summed E-state index contributed by atoms with van der Waals surface area (Å²) in [5.41, 5.74) is 0. The Kier molecular flexibility index (Phi) is 8.05. The minimum atomic E-state index is -3.83. The molecular formula is C18H24N2O8S. The second-order valence-electron chi connectivity index (χ2n) is 6.37. The number of amides is 1. The van der Waals surface area contributed by atoms with Crippen LogP contribution in [0, 0.1) is 0 Å². The number of hydrogen-bond donors (Lipinski definition) is 7. The van der Waals surface area contributed by atoms with Crippen LogP contribution in [-0.4, -0.2) is 84.0 Å². The Morgan fingerprint density at radius 2 is 1.59 bits per heavy atom. The van der Waals surface area contributed by atoms with Crippen molar-refractivity contribution in [1.29, 1.82) is 0 Å². The van der Waals surface area contributed by atoms with Gasteiger partial charge in [-0.1, -0.05) is 30.3 Å². The van der Waals surface area contributed by atoms with Gasteiger partial charge < -0.3 is 30.8 Å². The number of nitrogens with one attached hydrogen (secondary N) is 2. The van der Waals surface area contributed by atoms with Crippen molar-refractivity contribution < 1.29 is 38.7 Å². The van der Waals surface area contributed by atoms with Crippen LogP contribution >= 0.6 is 0 Å². The minimum absolute atomic E-state index is 0.0547. The van der Waals surface area contributed by atoms with Gasteiger partial charge in [0.05, 0.1) is 11.5 Å². The first-order chi connectivity index (χ1) is 13.7. The van der Waals surface area contributed by atoms with Gasteiger partial charge in [-0.05, 0) is 22.9 Å². The van der Waals surface area contributed by atoms with Crippen LogP contribution in [0.15, 0.2) is 47.4 Å². The molecule has 0 spiro atoms. The van der Waals surface area contributed by atoms with Crippen LogP contribution in [0.25, 0.3) is 10.8 Å². The number of benzene rings is 2. The molecule has 1 amide bonds. The molecular weight excluding hydrogens is 404 g/mol. The number of carbonyl (C=O) groups excluding carboxylic acids is 1. The van der Waals surface area contributed by atoms with Crippen LogP contribution in [-0.2, 0) is 14.8 Å². The SMILES string of the molecule is O=C(NCCNS(=O)(=O)c1ccc2ccccc2c1)[C@@H](O)[C@@H](O)[C@@H](O)[C@@H](O)CO. The van der Waals surface area contributed by atoms with E-state index in [9.17, 15) is 33.6 Å². The van der Waals surface area contributed by atoms with Crippen molar-refractivity contribution in [2.24, 2.45) is 0 Å². The van der Waals surface area contributed by atoms with E-state index in [4.69, 9.17) is 5.11 Å². The molecule has 4 atom stereocenters. The largest absolute Gasteiger partial charge is 0.394 e. The van der Waals surface area contributed by atoms with Gasteiger partial charge in [-0.25, -0.2) is 13.1 Å². The lowest BCUT2D eigenvalue weighted by atomic mass is 10.0. The van der Waals surface area contributed by atoms with E-state index in [0.29, 0.717) is 0 Å². The highest BCUT2D eigenvalue weighted by Crippen LogP contribution is 2.18. The van der Waals surface area contributed by atoms with E-state index in [1.807, 2.05) is 12.1 Å². The zero-order valence-corrected chi connectivity index (χ0v) is 16.2. The van der Waals surface area contributed by atoms with E-state index in [-0.39, 0.29) is 18.0 Å². The first-order valence-corrected chi connectivity index (χ1v) is 10.2. The van der Waals surface area contributed by atoms with E-state index in [1.54, 1.807) is 18.2 Å². The van der Waals surface area contributed by atoms with Crippen molar-refractivity contribution in [2.45, 2.75) is 29.3 Å². The maximum absolute atomic E-state index is 12.4. The predicted octanol–water partition coefficient (Wildman–Crippen LogP) is -2.33. The average molecular weight is 428 g/mol. The highest BCUT2D eigenvalue weighted by Gasteiger charge is 2.33. The topological polar surface area (TPSA) is 176 Å². The molecule has 0 saturated heterocycles. The van der Waals surface area contributed by atoms with Gasteiger partial charge in [0.25, 0.3) is 5.91 Å². The zero-order chi connectivity index (χ0) is 21.6. The third kappa shape index (κ3) is 5.93. The summed E-state index contributed by atoms with van der Waals surface area (Å²) < 4.78 is 27.0. The summed E-state index contributed by atoms with van der Waals surface area (Å²) in [7, 11) is -3.83. The molecule has 0 heterocycles. The molecule has 0 radical (unpaired) electrons. The summed E-state index contributed by atoms with van der Waals surface area (Å²) >= 11 is 0. The molecule has 0 aliphatic heterocycles. The summed E-state index contributed by atoms with van der Waals surface area (Å²) in [4.78, 5) is 11.8. The van der Waals surface area contributed by atoms with E-state index in [1.165, 1.54) is 12.1 Å². The van der Waals surface area contributed by atoms with E-state index in [2.05, 4.69) is 10.0 Å². The van der Waals surface area contributed by atoms with Gasteiger partial charge in [0.2, 0.25) is 10.0 Å². The molecule has 0 saturated carbocycles. The number of aliphatic hydroxyl groups excluding tert-OH is 5. The molecule has 2 rings (SSSR count). The van der Waals surface area contributed by atoms with E-state index in [0.717, 1.165) is 10.8 Å². The van der Waals surface area contributed by atoms with Crippen LogP contribution in [0.4, 0.5) is 0 Å². The molecule has 0 fully saturated rings. The summed E-state index contributed by atoms with van der Waals surface area (Å²) in [6.07, 6.45) is -7.79. The van der Waals surface area contributed by atoms with Gasteiger partial charge >= 0.3 is 0 Å². The number of hydrogen-bond acceptors (Lipinski definition) is 8. The van der Waals surface area contributed by atoms with Crippen LogP contribution in [0.1, 0.15) is 0 Å². The van der Waals surface area contributed by atoms with Crippen molar-refractivity contribution in [1.82, 2.24) is 10.0 Å². The lowest BCUT2D eigenvalue weighted by Gasteiger charge is -2.24. The number of sulfonamides is 1. The van der Waals surface area contributed by atoms with Crippen molar-refractivity contribution in [3.8, 4) is 0 Å². The molecule has 29 heavy (non-hydrogen) atoms. The van der Waals surface area contributed by atoms with Crippen LogP contribution in [0.3, 0.4) is 0 Å². The second kappa shape index (κ2) is 10.1. The van der Waals surface area contributed by atoms with E-state index < -0.39 is 47.0 Å². The van der Waals surface area contributed by atoms with Crippen molar-refractivity contribution >= 4 is 26.7 Å². The Hall–Kier alpha value is -2.12. The van der Waals surface area contributed by atoms with E-state index >= 15 is 0 Å². The standard InChI is InChI=1S/C18H24N2O8S/c21-10-14(22)15(23)16(24)17(25)18(26)19-7-8-20-29(27,28)13-6-5-11-3-1-2-4-12(11)9-13/h1-6,9,14-17,20-25H,7-8,10H2,(H,19,26)/t14-,15-,16-,17-/m0/s1. The number of carbonyl (C=O) groups is 1. The molecule has 0 aromatic heterocycles. The van der Waals surface area contributed by atoms with Gasteiger partial charge in [-0.2, -0.15) is 0 Å². The number of aliphatic hydroxyl groups is 5. The third-order valence-electron chi connectivity index (χ3n) is 4.27. The summed E-state index contributed by atoms with van der Waals surface area (Å²) in [6.45, 7) is -1.26. The number of rotatable bonds is 10. The monoisotopic (exact) mass is 428 g/mol. The normalized spacial score (nSPS) is 16.2. The van der Waals surface area contributed by atoms with Crippen LogP contribution in [0.2, 0.25) is 0 Å². The molecule has 2 aromatic rings. The number of fused-ring (bicyclic) bond motifs is 1. The van der Waals surface area contributed by atoms with Gasteiger partial charge in [0, 0.05) is 13.1 Å². The Bertz CT molecular complexity index is 936. The van der Waals surface area contributed by atoms with Gasteiger partial charge in [-0.15, -0.1) is 0 Å². The molecule has 11 heteroatoms. The summed E-state index contributed by atoms with van der Waals surface area (Å²) in [6, 6.07) is 11.9. The van der Waals surface area contributed by atoms with Crippen LogP contribution < -0.4 is 10.0 Å². The summed E-state index contributed by atoms with van der Waals surface area (Å²) in [5.74, 6) is -1.08. The molecule has 10 nitrogen and oxygen atoms in total. The fourth-order valence-electron chi connectivity index (χ4n) is 2.57. The van der Waals surface area contributed by atoms with Gasteiger partial charge in [-0.3, -0.25) is 4.79 Å². The first-order valence-electron chi connectivity index (χ1n) is 8.76. The lowest BCUT2D eigenvalue weighted by molar-refractivity contribution is -0.148. The zero-order valence-electron chi connectivity index (χ0n) is 15.3. The lowest BCUT2D eigenvalue weighted by Crippen LogP contribution is -2.52.